The van der Waals surface area contributed by atoms with Crippen molar-refractivity contribution < 1.29 is 9.50 Å². The van der Waals surface area contributed by atoms with Crippen molar-refractivity contribution in [3.05, 3.63) is 64.4 Å². The molecule has 0 spiro atoms. The highest BCUT2D eigenvalue weighted by atomic mass is 35.5. The number of hydrogen-bond acceptors (Lipinski definition) is 2. The van der Waals surface area contributed by atoms with E-state index in [0.29, 0.717) is 16.1 Å². The van der Waals surface area contributed by atoms with Gasteiger partial charge in [-0.15, -0.1) is 0 Å². The number of rotatable bonds is 4. The molecule has 0 amide bonds. The fourth-order valence-corrected chi connectivity index (χ4v) is 2.12. The number of aliphatic hydroxyl groups is 1. The maximum atomic E-state index is 13.7. The molecule has 0 aliphatic heterocycles. The molecule has 2 aromatic rings. The Hall–Kier alpha value is -1.58. The van der Waals surface area contributed by atoms with E-state index in [1.54, 1.807) is 25.1 Å². The van der Waals surface area contributed by atoms with Gasteiger partial charge < -0.3 is 10.4 Å². The second-order valence-electron chi connectivity index (χ2n) is 5.09. The molecule has 0 heterocycles. The van der Waals surface area contributed by atoms with E-state index in [1.165, 1.54) is 6.07 Å². The second-order valence-corrected chi connectivity index (χ2v) is 5.52. The van der Waals surface area contributed by atoms with Crippen LogP contribution < -0.4 is 5.32 Å². The maximum Gasteiger partial charge on any atom is 0.126 e. The normalized spacial score (nSPS) is 13.8. The highest BCUT2D eigenvalue weighted by Gasteiger charge is 2.26. The summed E-state index contributed by atoms with van der Waals surface area (Å²) in [6, 6.07) is 12.1. The first-order chi connectivity index (χ1) is 9.44. The van der Waals surface area contributed by atoms with Crippen LogP contribution in [0.4, 0.5) is 10.1 Å². The van der Waals surface area contributed by atoms with Crippen LogP contribution in [0.3, 0.4) is 0 Å². The molecule has 0 fully saturated rings. The minimum Gasteiger partial charge on any atom is -0.394 e. The Balaban J connectivity index is 2.32. The van der Waals surface area contributed by atoms with Crippen molar-refractivity contribution >= 4 is 17.3 Å². The van der Waals surface area contributed by atoms with Gasteiger partial charge in [-0.2, -0.15) is 0 Å². The van der Waals surface area contributed by atoms with Gasteiger partial charge in [0.05, 0.1) is 12.1 Å². The molecule has 0 saturated carbocycles. The number of halogens is 2. The predicted molar refractivity (Wildman–Crippen MR) is 80.6 cm³/mol. The van der Waals surface area contributed by atoms with Crippen molar-refractivity contribution in [3.8, 4) is 0 Å². The van der Waals surface area contributed by atoms with Crippen LogP contribution in [0, 0.1) is 12.7 Å². The fourth-order valence-electron chi connectivity index (χ4n) is 1.99. The van der Waals surface area contributed by atoms with Crippen LogP contribution in [0.2, 0.25) is 5.02 Å². The molecule has 2 rings (SSSR count). The summed E-state index contributed by atoms with van der Waals surface area (Å²) in [5.74, 6) is -0.278. The number of anilines is 1. The summed E-state index contributed by atoms with van der Waals surface area (Å²) < 4.78 is 13.7. The third kappa shape index (κ3) is 3.11. The van der Waals surface area contributed by atoms with Crippen molar-refractivity contribution in [3.63, 3.8) is 0 Å². The summed E-state index contributed by atoms with van der Waals surface area (Å²) in [4.78, 5) is 0. The third-order valence-electron chi connectivity index (χ3n) is 3.39. The minimum absolute atomic E-state index is 0.155. The highest BCUT2D eigenvalue weighted by Crippen LogP contribution is 2.27. The lowest BCUT2D eigenvalue weighted by atomic mass is 9.91. The van der Waals surface area contributed by atoms with Crippen LogP contribution in [0.1, 0.15) is 18.1 Å². The smallest absolute Gasteiger partial charge is 0.126 e. The zero-order valence-corrected chi connectivity index (χ0v) is 12.2. The Morgan fingerprint density at radius 3 is 2.40 bits per heavy atom. The standard InChI is InChI=1S/C16H17ClFNO/c1-11-3-4-12(9-15(11)18)16(2,10-20)19-14-7-5-13(17)6-8-14/h3-9,19-20H,10H2,1-2H3. The summed E-state index contributed by atoms with van der Waals surface area (Å²) in [5, 5.41) is 13.6. The second kappa shape index (κ2) is 5.81. The van der Waals surface area contributed by atoms with Gasteiger partial charge in [0, 0.05) is 10.7 Å². The Morgan fingerprint density at radius 2 is 1.85 bits per heavy atom. The van der Waals surface area contributed by atoms with Crippen LogP contribution in [0.5, 0.6) is 0 Å². The van der Waals surface area contributed by atoms with Gasteiger partial charge in [0.2, 0.25) is 0 Å². The van der Waals surface area contributed by atoms with Gasteiger partial charge in [-0.25, -0.2) is 4.39 Å². The zero-order valence-electron chi connectivity index (χ0n) is 11.5. The zero-order chi connectivity index (χ0) is 14.8. The fraction of sp³-hybridized carbons (Fsp3) is 0.250. The molecule has 1 unspecified atom stereocenters. The van der Waals surface area contributed by atoms with Crippen LogP contribution in [0.15, 0.2) is 42.5 Å². The summed E-state index contributed by atoms with van der Waals surface area (Å²) >= 11 is 5.85. The van der Waals surface area contributed by atoms with Gasteiger partial charge in [-0.05, 0) is 55.3 Å². The summed E-state index contributed by atoms with van der Waals surface area (Å²) in [7, 11) is 0. The molecule has 4 heteroatoms. The minimum atomic E-state index is -0.762. The quantitative estimate of drug-likeness (QED) is 0.889. The van der Waals surface area contributed by atoms with E-state index in [0.717, 1.165) is 5.69 Å². The van der Waals surface area contributed by atoms with Crippen LogP contribution >= 0.6 is 11.6 Å². The average Bonchev–Trinajstić information content (AvgIpc) is 2.44. The van der Waals surface area contributed by atoms with Crippen LogP contribution in [-0.4, -0.2) is 11.7 Å². The number of aryl methyl sites for hydroxylation is 1. The Kier molecular flexibility index (Phi) is 4.31. The average molecular weight is 294 g/mol. The molecule has 1 atom stereocenters. The number of benzene rings is 2. The van der Waals surface area contributed by atoms with Gasteiger partial charge in [-0.1, -0.05) is 23.7 Å². The van der Waals surface area contributed by atoms with Crippen molar-refractivity contribution in [2.24, 2.45) is 0 Å². The number of aliphatic hydroxyl groups excluding tert-OH is 1. The van der Waals surface area contributed by atoms with Gasteiger partial charge >= 0.3 is 0 Å². The molecule has 0 aromatic heterocycles. The molecular weight excluding hydrogens is 277 g/mol. The molecule has 0 saturated heterocycles. The Labute approximate surface area is 123 Å². The molecule has 2 aromatic carbocycles. The first-order valence-electron chi connectivity index (χ1n) is 6.36. The third-order valence-corrected chi connectivity index (χ3v) is 3.64. The predicted octanol–water partition coefficient (Wildman–Crippen LogP) is 4.11. The molecule has 0 radical (unpaired) electrons. The lowest BCUT2D eigenvalue weighted by Gasteiger charge is -2.31. The van der Waals surface area contributed by atoms with Gasteiger partial charge in [-0.3, -0.25) is 0 Å². The number of nitrogens with one attached hydrogen (secondary N) is 1. The molecule has 2 nitrogen and oxygen atoms in total. The van der Waals surface area contributed by atoms with Crippen molar-refractivity contribution in [1.82, 2.24) is 0 Å². The highest BCUT2D eigenvalue weighted by molar-refractivity contribution is 6.30. The van der Waals surface area contributed by atoms with E-state index < -0.39 is 5.54 Å². The van der Waals surface area contributed by atoms with E-state index in [-0.39, 0.29) is 12.4 Å². The summed E-state index contributed by atoms with van der Waals surface area (Å²) in [5.41, 5.74) is 1.33. The Bertz CT molecular complexity index is 600. The van der Waals surface area contributed by atoms with Gasteiger partial charge in [0.1, 0.15) is 5.82 Å². The molecule has 20 heavy (non-hydrogen) atoms. The van der Waals surface area contributed by atoms with Crippen LogP contribution in [0.25, 0.3) is 0 Å². The van der Waals surface area contributed by atoms with Crippen molar-refractivity contribution in [2.75, 3.05) is 11.9 Å². The van der Waals surface area contributed by atoms with E-state index in [4.69, 9.17) is 11.6 Å². The van der Waals surface area contributed by atoms with Crippen molar-refractivity contribution in [1.29, 1.82) is 0 Å². The Morgan fingerprint density at radius 1 is 1.20 bits per heavy atom. The van der Waals surface area contributed by atoms with Crippen LogP contribution in [-0.2, 0) is 5.54 Å². The van der Waals surface area contributed by atoms with E-state index in [1.807, 2.05) is 25.1 Å². The monoisotopic (exact) mass is 293 g/mol. The molecule has 106 valence electrons. The van der Waals surface area contributed by atoms with E-state index in [2.05, 4.69) is 5.32 Å². The first-order valence-corrected chi connectivity index (χ1v) is 6.74. The maximum absolute atomic E-state index is 13.7. The lowest BCUT2D eigenvalue weighted by Crippen LogP contribution is -2.36. The topological polar surface area (TPSA) is 32.3 Å². The van der Waals surface area contributed by atoms with E-state index in [9.17, 15) is 9.50 Å². The molecular formula is C16H17ClFNO. The van der Waals surface area contributed by atoms with Crippen molar-refractivity contribution in [2.45, 2.75) is 19.4 Å². The van der Waals surface area contributed by atoms with Gasteiger partial charge in [0.15, 0.2) is 0 Å². The number of hydrogen-bond donors (Lipinski definition) is 2. The largest absolute Gasteiger partial charge is 0.394 e. The lowest BCUT2D eigenvalue weighted by molar-refractivity contribution is 0.223. The SMILES string of the molecule is Cc1ccc(C(C)(CO)Nc2ccc(Cl)cc2)cc1F. The molecule has 0 bridgehead atoms. The van der Waals surface area contributed by atoms with Gasteiger partial charge in [0.25, 0.3) is 0 Å². The van der Waals surface area contributed by atoms with E-state index >= 15 is 0 Å². The first kappa shape index (κ1) is 14.8. The summed E-state index contributed by atoms with van der Waals surface area (Å²) in [6.07, 6.45) is 0. The molecule has 2 N–H and O–H groups in total. The molecule has 0 aliphatic rings. The summed E-state index contributed by atoms with van der Waals surface area (Å²) in [6.45, 7) is 3.38. The molecule has 0 aliphatic carbocycles.